The van der Waals surface area contributed by atoms with Gasteiger partial charge in [-0.05, 0) is 40.4 Å². The monoisotopic (exact) mass is 328 g/mol. The van der Waals surface area contributed by atoms with Crippen molar-refractivity contribution in [3.8, 4) is 0 Å². The van der Waals surface area contributed by atoms with Gasteiger partial charge in [0.1, 0.15) is 17.2 Å². The number of aromatic nitrogens is 1. The molecule has 0 aliphatic carbocycles. The molecule has 0 saturated heterocycles. The summed E-state index contributed by atoms with van der Waals surface area (Å²) in [5, 5.41) is 3.65. The van der Waals surface area contributed by atoms with Crippen LogP contribution in [0.2, 0.25) is 0 Å². The van der Waals surface area contributed by atoms with Crippen LogP contribution in [0.3, 0.4) is 0 Å². The lowest BCUT2D eigenvalue weighted by Gasteiger charge is -2.12. The van der Waals surface area contributed by atoms with Crippen LogP contribution in [0.25, 0.3) is 10.9 Å². The van der Waals surface area contributed by atoms with Crippen LogP contribution in [-0.4, -0.2) is 11.5 Å². The molecule has 1 aromatic heterocycles. The van der Waals surface area contributed by atoms with Crippen LogP contribution in [0.5, 0.6) is 0 Å². The molecule has 0 fully saturated rings. The fraction of sp³-hybridized carbons (Fsp3) is 0.357. The summed E-state index contributed by atoms with van der Waals surface area (Å²) in [5.41, 5.74) is 1.13. The molecule has 0 radical (unpaired) electrons. The van der Waals surface area contributed by atoms with Crippen molar-refractivity contribution in [2.75, 3.05) is 11.9 Å². The summed E-state index contributed by atoms with van der Waals surface area (Å²) in [6.07, 6.45) is 1.71. The van der Waals surface area contributed by atoms with Crippen molar-refractivity contribution in [2.24, 2.45) is 0 Å². The van der Waals surface area contributed by atoms with Gasteiger partial charge in [-0.2, -0.15) is 0 Å². The average molecular weight is 329 g/mol. The molecule has 0 spiro atoms. The Kier molecular flexibility index (Phi) is 4.34. The largest absolute Gasteiger partial charge is 0.370 e. The van der Waals surface area contributed by atoms with Crippen LogP contribution < -0.4 is 5.32 Å². The number of halogens is 3. The molecule has 1 aromatic carbocycles. The normalized spacial score (nSPS) is 11.0. The van der Waals surface area contributed by atoms with Crippen molar-refractivity contribution >= 4 is 32.7 Å². The molecule has 1 N–H and O–H groups in total. The number of hydrogen-bond donors (Lipinski definition) is 1. The number of anilines is 1. The predicted molar refractivity (Wildman–Crippen MR) is 77.5 cm³/mol. The highest BCUT2D eigenvalue weighted by Crippen LogP contribution is 2.31. The third kappa shape index (κ3) is 2.71. The molecule has 0 unspecified atom stereocenters. The number of rotatable bonds is 4. The standard InChI is InChI=1S/C14H15BrF2N2/c1-3-5-18-14-8(4-2)6-9-12(15)10(16)7-11(17)13(9)19-14/h6-7H,3-5H2,1-2H3,(H,18,19). The smallest absolute Gasteiger partial charge is 0.152 e. The molecule has 2 rings (SSSR count). The van der Waals surface area contributed by atoms with E-state index in [1.165, 1.54) is 0 Å². The van der Waals surface area contributed by atoms with Gasteiger partial charge < -0.3 is 5.32 Å². The van der Waals surface area contributed by atoms with E-state index in [-0.39, 0.29) is 9.99 Å². The fourth-order valence-corrected chi connectivity index (χ4v) is 2.36. The molecule has 2 aromatic rings. The lowest BCUT2D eigenvalue weighted by Crippen LogP contribution is -2.06. The number of fused-ring (bicyclic) bond motifs is 1. The van der Waals surface area contributed by atoms with Crippen LogP contribution in [0.4, 0.5) is 14.6 Å². The number of benzene rings is 1. The molecule has 0 saturated carbocycles. The molecular weight excluding hydrogens is 314 g/mol. The van der Waals surface area contributed by atoms with Gasteiger partial charge in [0.05, 0.1) is 4.47 Å². The van der Waals surface area contributed by atoms with Gasteiger partial charge >= 0.3 is 0 Å². The third-order valence-corrected chi connectivity index (χ3v) is 3.76. The maximum atomic E-state index is 13.8. The highest BCUT2D eigenvalue weighted by atomic mass is 79.9. The van der Waals surface area contributed by atoms with E-state index in [1.807, 2.05) is 13.8 Å². The van der Waals surface area contributed by atoms with Crippen molar-refractivity contribution in [3.05, 3.63) is 33.8 Å². The summed E-state index contributed by atoms with van der Waals surface area (Å²) in [4.78, 5) is 4.30. The summed E-state index contributed by atoms with van der Waals surface area (Å²) < 4.78 is 27.6. The lowest BCUT2D eigenvalue weighted by molar-refractivity contribution is 0.586. The third-order valence-electron chi connectivity index (χ3n) is 2.95. The SMILES string of the molecule is CCCNc1nc2c(F)cc(F)c(Br)c2cc1CC. The van der Waals surface area contributed by atoms with Gasteiger partial charge in [0.25, 0.3) is 0 Å². The predicted octanol–water partition coefficient (Wildman–Crippen LogP) is 4.66. The van der Waals surface area contributed by atoms with Gasteiger partial charge in [-0.25, -0.2) is 13.8 Å². The van der Waals surface area contributed by atoms with Gasteiger partial charge in [0.15, 0.2) is 5.82 Å². The van der Waals surface area contributed by atoms with E-state index in [0.717, 1.165) is 31.0 Å². The first-order valence-corrected chi connectivity index (χ1v) is 7.08. The zero-order chi connectivity index (χ0) is 14.0. The zero-order valence-corrected chi connectivity index (χ0v) is 12.4. The molecule has 19 heavy (non-hydrogen) atoms. The van der Waals surface area contributed by atoms with Crippen molar-refractivity contribution in [2.45, 2.75) is 26.7 Å². The van der Waals surface area contributed by atoms with Gasteiger partial charge in [-0.1, -0.05) is 13.8 Å². The number of nitrogens with zero attached hydrogens (tertiary/aromatic N) is 1. The van der Waals surface area contributed by atoms with Crippen LogP contribution >= 0.6 is 15.9 Å². The molecule has 0 aliphatic heterocycles. The minimum absolute atomic E-state index is 0.184. The summed E-state index contributed by atoms with van der Waals surface area (Å²) >= 11 is 3.15. The Morgan fingerprint density at radius 1 is 1.21 bits per heavy atom. The Hall–Kier alpha value is -1.23. The zero-order valence-electron chi connectivity index (χ0n) is 10.9. The Bertz CT molecular complexity index is 614. The maximum absolute atomic E-state index is 13.8. The number of aryl methyl sites for hydroxylation is 1. The summed E-state index contributed by atoms with van der Waals surface area (Å²) in [5.74, 6) is -0.574. The topological polar surface area (TPSA) is 24.9 Å². The first-order chi connectivity index (χ1) is 9.08. The van der Waals surface area contributed by atoms with E-state index in [0.29, 0.717) is 11.2 Å². The second kappa shape index (κ2) is 5.82. The van der Waals surface area contributed by atoms with E-state index in [1.54, 1.807) is 6.07 Å². The molecule has 2 nitrogen and oxygen atoms in total. The van der Waals surface area contributed by atoms with E-state index in [9.17, 15) is 8.78 Å². The fourth-order valence-electron chi connectivity index (χ4n) is 1.94. The minimum Gasteiger partial charge on any atom is -0.370 e. The Labute approximate surface area is 119 Å². The van der Waals surface area contributed by atoms with Crippen LogP contribution in [0.15, 0.2) is 16.6 Å². The van der Waals surface area contributed by atoms with Crippen molar-refractivity contribution in [1.82, 2.24) is 4.98 Å². The van der Waals surface area contributed by atoms with E-state index in [4.69, 9.17) is 0 Å². The van der Waals surface area contributed by atoms with Crippen molar-refractivity contribution < 1.29 is 8.78 Å². The number of hydrogen-bond acceptors (Lipinski definition) is 2. The number of nitrogens with one attached hydrogen (secondary N) is 1. The van der Waals surface area contributed by atoms with Gasteiger partial charge in [-0.3, -0.25) is 0 Å². The molecule has 0 aliphatic rings. The Morgan fingerprint density at radius 2 is 1.95 bits per heavy atom. The van der Waals surface area contributed by atoms with Crippen molar-refractivity contribution in [3.63, 3.8) is 0 Å². The first-order valence-electron chi connectivity index (χ1n) is 6.29. The molecule has 0 atom stereocenters. The van der Waals surface area contributed by atoms with E-state index >= 15 is 0 Å². The molecule has 0 bridgehead atoms. The summed E-state index contributed by atoms with van der Waals surface area (Å²) in [6.45, 7) is 4.81. The van der Waals surface area contributed by atoms with Crippen LogP contribution in [0, 0.1) is 11.6 Å². The molecular formula is C14H15BrF2N2. The van der Waals surface area contributed by atoms with E-state index < -0.39 is 11.6 Å². The van der Waals surface area contributed by atoms with E-state index in [2.05, 4.69) is 26.2 Å². The second-order valence-electron chi connectivity index (χ2n) is 4.33. The quantitative estimate of drug-likeness (QED) is 0.825. The lowest BCUT2D eigenvalue weighted by atomic mass is 10.1. The Balaban J connectivity index is 2.66. The Morgan fingerprint density at radius 3 is 2.58 bits per heavy atom. The second-order valence-corrected chi connectivity index (χ2v) is 5.12. The highest BCUT2D eigenvalue weighted by Gasteiger charge is 2.14. The first kappa shape index (κ1) is 14.2. The summed E-state index contributed by atoms with van der Waals surface area (Å²) in [7, 11) is 0. The number of pyridine rings is 1. The molecule has 1 heterocycles. The highest BCUT2D eigenvalue weighted by molar-refractivity contribution is 9.10. The maximum Gasteiger partial charge on any atom is 0.152 e. The molecule has 102 valence electrons. The molecule has 5 heteroatoms. The van der Waals surface area contributed by atoms with Gasteiger partial charge in [0.2, 0.25) is 0 Å². The average Bonchev–Trinajstić information content (AvgIpc) is 2.41. The minimum atomic E-state index is -0.641. The summed E-state index contributed by atoms with van der Waals surface area (Å²) in [6, 6.07) is 2.64. The van der Waals surface area contributed by atoms with Gasteiger partial charge in [0, 0.05) is 18.0 Å². The van der Waals surface area contributed by atoms with Crippen LogP contribution in [-0.2, 0) is 6.42 Å². The molecule has 0 amide bonds. The van der Waals surface area contributed by atoms with Crippen LogP contribution in [0.1, 0.15) is 25.8 Å². The van der Waals surface area contributed by atoms with Gasteiger partial charge in [-0.15, -0.1) is 0 Å². The van der Waals surface area contributed by atoms with Crippen molar-refractivity contribution in [1.29, 1.82) is 0 Å².